The zero-order chi connectivity index (χ0) is 25.4. The molecule has 6 heterocycles. The molecule has 0 bridgehead atoms. The molecule has 0 saturated carbocycles. The maximum atomic E-state index is 12.2. The summed E-state index contributed by atoms with van der Waals surface area (Å²) < 4.78 is 0. The number of likely N-dealkylation sites (N-methyl/N-ethyl adjacent to an activating group) is 1. The third-order valence-corrected chi connectivity index (χ3v) is 5.76. The molecule has 11 nitrogen and oxygen atoms in total. The van der Waals surface area contributed by atoms with E-state index < -0.39 is 0 Å². The van der Waals surface area contributed by atoms with Crippen molar-refractivity contribution in [1.29, 1.82) is 0 Å². The first kappa shape index (κ1) is 22.4. The minimum Gasteiger partial charge on any atom is -0.336 e. The van der Waals surface area contributed by atoms with Gasteiger partial charge in [-0.2, -0.15) is 5.10 Å². The van der Waals surface area contributed by atoms with E-state index in [2.05, 4.69) is 35.5 Å². The fraction of sp³-hybridized carbons (Fsp3) is 0.115. The summed E-state index contributed by atoms with van der Waals surface area (Å²) in [4.78, 5) is 39.9. The molecule has 6 aromatic heterocycles. The first-order valence-electron chi connectivity index (χ1n) is 11.6. The van der Waals surface area contributed by atoms with E-state index in [4.69, 9.17) is 9.97 Å². The number of amides is 1. The zero-order valence-corrected chi connectivity index (χ0v) is 20.1. The lowest BCUT2D eigenvalue weighted by Gasteiger charge is -2.10. The molecule has 6 aromatic rings. The van der Waals surface area contributed by atoms with Crippen molar-refractivity contribution >= 4 is 33.7 Å². The fourth-order valence-corrected chi connectivity index (χ4v) is 4.13. The Bertz CT molecular complexity index is 1740. The van der Waals surface area contributed by atoms with Crippen LogP contribution in [-0.2, 0) is 4.79 Å². The summed E-state index contributed by atoms with van der Waals surface area (Å²) in [5.41, 5.74) is 7.37. The highest BCUT2D eigenvalue weighted by Gasteiger charge is 2.17. The van der Waals surface area contributed by atoms with E-state index in [0.29, 0.717) is 28.4 Å². The summed E-state index contributed by atoms with van der Waals surface area (Å²) in [6, 6.07) is 11.3. The molecule has 0 aliphatic heterocycles. The van der Waals surface area contributed by atoms with Gasteiger partial charge in [-0.05, 0) is 50.5 Å². The Balaban J connectivity index is 1.38. The molecule has 0 radical (unpaired) electrons. The van der Waals surface area contributed by atoms with Crippen LogP contribution in [0.4, 0.5) is 5.69 Å². The number of rotatable bonds is 6. The second kappa shape index (κ2) is 9.21. The molecule has 0 atom stereocenters. The number of nitrogens with one attached hydrogen (secondary N) is 3. The van der Waals surface area contributed by atoms with Crippen LogP contribution in [0.15, 0.2) is 67.4 Å². The number of aromatic nitrogens is 8. The van der Waals surface area contributed by atoms with Gasteiger partial charge in [0.05, 0.1) is 40.9 Å². The van der Waals surface area contributed by atoms with Crippen LogP contribution in [0.25, 0.3) is 56.1 Å². The minimum absolute atomic E-state index is 0.116. The highest BCUT2D eigenvalue weighted by atomic mass is 16.2. The minimum atomic E-state index is -0.116. The lowest BCUT2D eigenvalue weighted by molar-refractivity contribution is -0.116. The first-order valence-corrected chi connectivity index (χ1v) is 11.6. The highest BCUT2D eigenvalue weighted by molar-refractivity contribution is 5.95. The van der Waals surface area contributed by atoms with Crippen molar-refractivity contribution in [2.45, 2.75) is 0 Å². The summed E-state index contributed by atoms with van der Waals surface area (Å²) in [7, 11) is 3.68. The Morgan fingerprint density at radius 1 is 0.892 bits per heavy atom. The number of aromatic amines is 2. The lowest BCUT2D eigenvalue weighted by Crippen LogP contribution is -2.27. The molecule has 0 aromatic carbocycles. The van der Waals surface area contributed by atoms with Gasteiger partial charge in [0, 0.05) is 35.9 Å². The predicted molar refractivity (Wildman–Crippen MR) is 140 cm³/mol. The van der Waals surface area contributed by atoms with Crippen LogP contribution in [-0.4, -0.2) is 71.5 Å². The van der Waals surface area contributed by atoms with Crippen LogP contribution in [0.5, 0.6) is 0 Å². The number of imidazole rings is 1. The molecule has 3 N–H and O–H groups in total. The van der Waals surface area contributed by atoms with Crippen molar-refractivity contribution in [3.05, 3.63) is 67.4 Å². The van der Waals surface area contributed by atoms with E-state index >= 15 is 0 Å². The number of carbonyl (C=O) groups excluding carboxylic acids is 1. The fourth-order valence-electron chi connectivity index (χ4n) is 4.13. The van der Waals surface area contributed by atoms with E-state index in [1.54, 1.807) is 35.9 Å². The van der Waals surface area contributed by atoms with Gasteiger partial charge in [0.2, 0.25) is 5.91 Å². The van der Waals surface area contributed by atoms with Crippen molar-refractivity contribution in [3.8, 4) is 34.0 Å². The van der Waals surface area contributed by atoms with Gasteiger partial charge >= 0.3 is 0 Å². The number of fused-ring (bicyclic) bond motifs is 2. The monoisotopic (exact) mass is 490 g/mol. The largest absolute Gasteiger partial charge is 0.336 e. The highest BCUT2D eigenvalue weighted by Crippen LogP contribution is 2.30. The lowest BCUT2D eigenvalue weighted by atomic mass is 10.1. The van der Waals surface area contributed by atoms with Gasteiger partial charge in [0.25, 0.3) is 0 Å². The van der Waals surface area contributed by atoms with Crippen LogP contribution >= 0.6 is 0 Å². The van der Waals surface area contributed by atoms with Crippen molar-refractivity contribution in [2.75, 3.05) is 26.0 Å². The number of carbonyl (C=O) groups is 1. The second-order valence-electron chi connectivity index (χ2n) is 8.79. The van der Waals surface area contributed by atoms with Gasteiger partial charge in [0.1, 0.15) is 11.0 Å². The number of nitrogens with zero attached hydrogens (tertiary/aromatic N) is 7. The maximum Gasteiger partial charge on any atom is 0.238 e. The number of pyridine rings is 4. The van der Waals surface area contributed by atoms with E-state index in [1.807, 2.05) is 50.5 Å². The Morgan fingerprint density at radius 3 is 2.57 bits per heavy atom. The quantitative estimate of drug-likeness (QED) is 0.322. The standard InChI is InChI=1S/C26H22N10O/c1-36(2)14-21(37)30-17-11-16(12-28-13-17)18-3-4-20-24(31-18)25(35-34-20)26-32-19-7-10-29-22(23(19)33-26)15-5-8-27-9-6-15/h3-13H,14H2,1-2H3,(H,30,37)(H,32,33)(H,34,35). The SMILES string of the molecule is CN(C)CC(=O)Nc1cncc(-c2ccc3[nH]nc(-c4nc5c(-c6ccncc6)nccc5[nH]4)c3n2)c1. The third kappa shape index (κ3) is 4.39. The maximum absolute atomic E-state index is 12.2. The average Bonchev–Trinajstić information content (AvgIpc) is 3.52. The van der Waals surface area contributed by atoms with Crippen LogP contribution in [0.3, 0.4) is 0 Å². The molecule has 0 aliphatic carbocycles. The van der Waals surface area contributed by atoms with Crippen LogP contribution in [0.2, 0.25) is 0 Å². The molecule has 0 fully saturated rings. The van der Waals surface area contributed by atoms with E-state index in [-0.39, 0.29) is 12.5 Å². The molecular formula is C26H22N10O. The molecule has 0 unspecified atom stereocenters. The Morgan fingerprint density at radius 2 is 1.73 bits per heavy atom. The summed E-state index contributed by atoms with van der Waals surface area (Å²) >= 11 is 0. The van der Waals surface area contributed by atoms with Gasteiger partial charge in [-0.15, -0.1) is 0 Å². The second-order valence-corrected chi connectivity index (χ2v) is 8.79. The van der Waals surface area contributed by atoms with E-state index in [1.165, 1.54) is 0 Å². The van der Waals surface area contributed by atoms with Crippen LogP contribution < -0.4 is 5.32 Å². The molecule has 0 saturated heterocycles. The first-order chi connectivity index (χ1) is 18.0. The molecule has 0 aliphatic rings. The number of anilines is 1. The number of H-pyrrole nitrogens is 2. The number of hydrogen-bond acceptors (Lipinski definition) is 8. The van der Waals surface area contributed by atoms with Crippen molar-refractivity contribution in [1.82, 2.24) is 45.0 Å². The summed E-state index contributed by atoms with van der Waals surface area (Å²) in [5, 5.41) is 10.4. The molecule has 0 spiro atoms. The Labute approximate surface area is 211 Å². The van der Waals surface area contributed by atoms with E-state index in [9.17, 15) is 4.79 Å². The predicted octanol–water partition coefficient (Wildman–Crippen LogP) is 3.52. The van der Waals surface area contributed by atoms with Gasteiger partial charge < -0.3 is 15.2 Å². The van der Waals surface area contributed by atoms with Crippen LogP contribution in [0.1, 0.15) is 0 Å². The van der Waals surface area contributed by atoms with Gasteiger partial charge in [-0.3, -0.25) is 24.8 Å². The molecule has 11 heteroatoms. The number of hydrogen-bond donors (Lipinski definition) is 3. The summed E-state index contributed by atoms with van der Waals surface area (Å²) in [6.07, 6.45) is 8.53. The third-order valence-electron chi connectivity index (χ3n) is 5.76. The van der Waals surface area contributed by atoms with Crippen molar-refractivity contribution < 1.29 is 4.79 Å². The van der Waals surface area contributed by atoms with Gasteiger partial charge in [-0.1, -0.05) is 0 Å². The Hall–Kier alpha value is -5.03. The zero-order valence-electron chi connectivity index (χ0n) is 20.1. The average molecular weight is 491 g/mol. The summed E-state index contributed by atoms with van der Waals surface area (Å²) in [6.45, 7) is 0.280. The molecule has 37 heavy (non-hydrogen) atoms. The molecule has 182 valence electrons. The van der Waals surface area contributed by atoms with Gasteiger partial charge in [0.15, 0.2) is 11.5 Å². The van der Waals surface area contributed by atoms with Gasteiger partial charge in [-0.25, -0.2) is 9.97 Å². The normalized spacial score (nSPS) is 11.4. The van der Waals surface area contributed by atoms with E-state index in [0.717, 1.165) is 33.4 Å². The molecule has 6 rings (SSSR count). The molecular weight excluding hydrogens is 468 g/mol. The Kier molecular flexibility index (Phi) is 5.58. The van der Waals surface area contributed by atoms with Crippen molar-refractivity contribution in [2.24, 2.45) is 0 Å². The summed E-state index contributed by atoms with van der Waals surface area (Å²) in [5.74, 6) is 0.465. The smallest absolute Gasteiger partial charge is 0.238 e. The topological polar surface area (TPSA) is 141 Å². The van der Waals surface area contributed by atoms with Crippen molar-refractivity contribution in [3.63, 3.8) is 0 Å². The van der Waals surface area contributed by atoms with Crippen LogP contribution in [0, 0.1) is 0 Å². The molecule has 1 amide bonds.